The molecule has 1 N–H and O–H groups in total. The van der Waals surface area contributed by atoms with E-state index < -0.39 is 28.5 Å². The monoisotopic (exact) mass is 557 g/mol. The molecule has 196 valence electrons. The largest absolute Gasteiger partial charge is 0.454 e. The molecule has 0 bridgehead atoms. The van der Waals surface area contributed by atoms with Gasteiger partial charge in [-0.15, -0.1) is 0 Å². The molecule has 12 heteroatoms. The Morgan fingerprint density at radius 1 is 1.06 bits per heavy atom. The maximum absolute atomic E-state index is 13.6. The summed E-state index contributed by atoms with van der Waals surface area (Å²) in [6.07, 6.45) is 0.999. The Kier molecular flexibility index (Phi) is 8.97. The minimum Gasteiger partial charge on any atom is -0.454 e. The standard InChI is InChI=1S/C24H29Cl2N3O6S/c1-15(2)11-27-24(31)16(3)28(12-18-19(25)6-5-7-20(18)26)23(30)13-29(36(4,32)33)17-8-9-21-22(10-17)35-14-34-21/h5-10,15-16H,11-14H2,1-4H3,(H,27,31)/t16-/m1/s1. The number of carbonyl (C=O) groups excluding carboxylic acids is 2. The smallest absolute Gasteiger partial charge is 0.244 e. The van der Waals surface area contributed by atoms with Crippen molar-refractivity contribution in [1.29, 1.82) is 0 Å². The Morgan fingerprint density at radius 3 is 2.31 bits per heavy atom. The van der Waals surface area contributed by atoms with E-state index in [2.05, 4.69) is 5.32 Å². The molecule has 2 aromatic rings. The third-order valence-electron chi connectivity index (χ3n) is 5.57. The van der Waals surface area contributed by atoms with Gasteiger partial charge in [-0.3, -0.25) is 13.9 Å². The van der Waals surface area contributed by atoms with E-state index in [0.717, 1.165) is 10.6 Å². The molecule has 0 aliphatic carbocycles. The number of hydrogen-bond acceptors (Lipinski definition) is 6. The van der Waals surface area contributed by atoms with Gasteiger partial charge in [0.05, 0.1) is 11.9 Å². The van der Waals surface area contributed by atoms with Crippen molar-refractivity contribution in [2.24, 2.45) is 5.92 Å². The number of amides is 2. The van der Waals surface area contributed by atoms with E-state index in [1.807, 2.05) is 13.8 Å². The van der Waals surface area contributed by atoms with Crippen molar-refractivity contribution in [1.82, 2.24) is 10.2 Å². The number of nitrogens with one attached hydrogen (secondary N) is 1. The van der Waals surface area contributed by atoms with Crippen LogP contribution in [0.2, 0.25) is 10.0 Å². The van der Waals surface area contributed by atoms with E-state index in [1.54, 1.807) is 31.2 Å². The number of anilines is 1. The predicted octanol–water partition coefficient (Wildman–Crippen LogP) is 3.68. The fourth-order valence-corrected chi connectivity index (χ4v) is 4.90. The lowest BCUT2D eigenvalue weighted by atomic mass is 10.1. The Labute approximate surface area is 221 Å². The van der Waals surface area contributed by atoms with Gasteiger partial charge < -0.3 is 19.7 Å². The second kappa shape index (κ2) is 11.6. The molecule has 3 rings (SSSR count). The zero-order valence-corrected chi connectivity index (χ0v) is 22.8. The topological polar surface area (TPSA) is 105 Å². The summed E-state index contributed by atoms with van der Waals surface area (Å²) in [5, 5.41) is 3.46. The lowest BCUT2D eigenvalue weighted by molar-refractivity contribution is -0.139. The van der Waals surface area contributed by atoms with Crippen LogP contribution < -0.4 is 19.1 Å². The van der Waals surface area contributed by atoms with Crippen molar-refractivity contribution in [2.75, 3.05) is 30.4 Å². The molecule has 36 heavy (non-hydrogen) atoms. The molecule has 1 atom stereocenters. The third-order valence-corrected chi connectivity index (χ3v) is 7.41. The Bertz CT molecular complexity index is 1220. The molecule has 0 saturated heterocycles. The number of rotatable bonds is 10. The summed E-state index contributed by atoms with van der Waals surface area (Å²) in [5.41, 5.74) is 0.675. The molecule has 0 aromatic heterocycles. The summed E-state index contributed by atoms with van der Waals surface area (Å²) in [7, 11) is -3.88. The Balaban J connectivity index is 1.94. The molecule has 9 nitrogen and oxygen atoms in total. The molecule has 0 radical (unpaired) electrons. The average Bonchev–Trinajstić information content (AvgIpc) is 3.27. The molecular weight excluding hydrogens is 529 g/mol. The van der Waals surface area contributed by atoms with Gasteiger partial charge in [-0.2, -0.15) is 0 Å². The average molecular weight is 558 g/mol. The molecule has 0 unspecified atom stereocenters. The van der Waals surface area contributed by atoms with Gasteiger partial charge in [0.2, 0.25) is 28.6 Å². The second-order valence-corrected chi connectivity index (χ2v) is 11.6. The van der Waals surface area contributed by atoms with Gasteiger partial charge in [-0.1, -0.05) is 43.1 Å². The number of ether oxygens (including phenoxy) is 2. The molecule has 1 aliphatic rings. The van der Waals surface area contributed by atoms with Gasteiger partial charge in [-0.25, -0.2) is 8.42 Å². The zero-order chi connectivity index (χ0) is 26.6. The van der Waals surface area contributed by atoms with Crippen molar-refractivity contribution in [3.63, 3.8) is 0 Å². The van der Waals surface area contributed by atoms with Gasteiger partial charge in [0.15, 0.2) is 11.5 Å². The lowest BCUT2D eigenvalue weighted by Gasteiger charge is -2.32. The van der Waals surface area contributed by atoms with E-state index in [4.69, 9.17) is 32.7 Å². The van der Waals surface area contributed by atoms with Crippen LogP contribution in [0.4, 0.5) is 5.69 Å². The Hall–Kier alpha value is -2.69. The van der Waals surface area contributed by atoms with Crippen molar-refractivity contribution in [2.45, 2.75) is 33.4 Å². The van der Waals surface area contributed by atoms with Crippen LogP contribution >= 0.6 is 23.2 Å². The zero-order valence-electron chi connectivity index (χ0n) is 20.5. The fourth-order valence-electron chi connectivity index (χ4n) is 3.54. The van der Waals surface area contributed by atoms with E-state index in [-0.39, 0.29) is 30.9 Å². The number of halogens is 2. The molecule has 0 fully saturated rings. The van der Waals surface area contributed by atoms with Crippen LogP contribution in [0.1, 0.15) is 26.3 Å². The van der Waals surface area contributed by atoms with E-state index >= 15 is 0 Å². The minimum absolute atomic E-state index is 0.0198. The molecule has 1 aliphatic heterocycles. The lowest BCUT2D eigenvalue weighted by Crippen LogP contribution is -2.51. The van der Waals surface area contributed by atoms with Crippen LogP contribution in [0.5, 0.6) is 11.5 Å². The fraction of sp³-hybridized carbons (Fsp3) is 0.417. The number of benzene rings is 2. The summed E-state index contributed by atoms with van der Waals surface area (Å²) in [6.45, 7) is 5.27. The first kappa shape index (κ1) is 27.9. The number of nitrogens with zero attached hydrogens (tertiary/aromatic N) is 2. The molecule has 1 heterocycles. The van der Waals surface area contributed by atoms with Gasteiger partial charge in [-0.05, 0) is 37.1 Å². The maximum atomic E-state index is 13.6. The molecule has 0 spiro atoms. The van der Waals surface area contributed by atoms with Gasteiger partial charge in [0.25, 0.3) is 0 Å². The summed E-state index contributed by atoms with van der Waals surface area (Å²) in [5.74, 6) is 0.0595. The number of carbonyl (C=O) groups is 2. The van der Waals surface area contributed by atoms with E-state index in [0.29, 0.717) is 33.7 Å². The van der Waals surface area contributed by atoms with Gasteiger partial charge in [0, 0.05) is 34.8 Å². The van der Waals surface area contributed by atoms with Gasteiger partial charge >= 0.3 is 0 Å². The van der Waals surface area contributed by atoms with Crippen LogP contribution in [0.15, 0.2) is 36.4 Å². The van der Waals surface area contributed by atoms with Crippen molar-refractivity contribution < 1.29 is 27.5 Å². The highest BCUT2D eigenvalue weighted by molar-refractivity contribution is 7.92. The second-order valence-electron chi connectivity index (χ2n) is 8.84. The van der Waals surface area contributed by atoms with Gasteiger partial charge in [0.1, 0.15) is 12.6 Å². The summed E-state index contributed by atoms with van der Waals surface area (Å²) >= 11 is 12.7. The van der Waals surface area contributed by atoms with Crippen molar-refractivity contribution in [3.05, 3.63) is 52.0 Å². The van der Waals surface area contributed by atoms with Crippen LogP contribution in [-0.2, 0) is 26.2 Å². The first-order valence-electron chi connectivity index (χ1n) is 11.3. The highest BCUT2D eigenvalue weighted by atomic mass is 35.5. The summed E-state index contributed by atoms with van der Waals surface area (Å²) in [6, 6.07) is 8.59. The van der Waals surface area contributed by atoms with E-state index in [9.17, 15) is 18.0 Å². The van der Waals surface area contributed by atoms with Crippen LogP contribution in [-0.4, -0.2) is 57.3 Å². The first-order valence-corrected chi connectivity index (χ1v) is 13.9. The molecular formula is C24H29Cl2N3O6S. The van der Waals surface area contributed by atoms with Crippen molar-refractivity contribution >= 4 is 50.7 Å². The SMILES string of the molecule is CC(C)CNC(=O)[C@@H](C)N(Cc1c(Cl)cccc1Cl)C(=O)CN(c1ccc2c(c1)OCO2)S(C)(=O)=O. The van der Waals surface area contributed by atoms with Crippen LogP contribution in [0.3, 0.4) is 0 Å². The summed E-state index contributed by atoms with van der Waals surface area (Å²) in [4.78, 5) is 27.8. The normalized spacial score (nSPS) is 13.4. The van der Waals surface area contributed by atoms with Crippen LogP contribution in [0.25, 0.3) is 0 Å². The van der Waals surface area contributed by atoms with Crippen LogP contribution in [0, 0.1) is 5.92 Å². The predicted molar refractivity (Wildman–Crippen MR) is 139 cm³/mol. The quantitative estimate of drug-likeness (QED) is 0.477. The highest BCUT2D eigenvalue weighted by Gasteiger charge is 2.31. The first-order chi connectivity index (χ1) is 16.9. The highest BCUT2D eigenvalue weighted by Crippen LogP contribution is 2.36. The number of hydrogen-bond donors (Lipinski definition) is 1. The van der Waals surface area contributed by atoms with Crippen molar-refractivity contribution in [3.8, 4) is 11.5 Å². The third kappa shape index (κ3) is 6.74. The Morgan fingerprint density at radius 2 is 1.69 bits per heavy atom. The summed E-state index contributed by atoms with van der Waals surface area (Å²) < 4.78 is 37.0. The molecule has 2 amide bonds. The van der Waals surface area contributed by atoms with E-state index in [1.165, 1.54) is 17.0 Å². The minimum atomic E-state index is -3.88. The number of fused-ring (bicyclic) bond motifs is 1. The maximum Gasteiger partial charge on any atom is 0.244 e. The number of sulfonamides is 1. The molecule has 0 saturated carbocycles. The molecule has 2 aromatic carbocycles.